The molecule has 0 unspecified atom stereocenters. The zero-order valence-electron chi connectivity index (χ0n) is 12.0. The summed E-state index contributed by atoms with van der Waals surface area (Å²) in [6.45, 7) is 0. The van der Waals surface area contributed by atoms with Crippen molar-refractivity contribution in [2.45, 2.75) is 0 Å². The Bertz CT molecular complexity index is 882. The number of para-hydroxylation sites is 1. The molecule has 0 aliphatic carbocycles. The molecular formula is C20H15NO. The van der Waals surface area contributed by atoms with Gasteiger partial charge in [0.25, 0.3) is 0 Å². The standard InChI is InChI=1S/C20H15NO/c1-2-8-18(9-3-1)21(20-12-13-22-15-20)19-11-10-16-6-4-5-7-17(16)14-19/h1-15H. The summed E-state index contributed by atoms with van der Waals surface area (Å²) in [6, 6.07) is 27.2. The van der Waals surface area contributed by atoms with Crippen molar-refractivity contribution < 1.29 is 4.42 Å². The lowest BCUT2D eigenvalue weighted by atomic mass is 10.1. The number of anilines is 3. The number of nitrogens with zero attached hydrogens (tertiary/aromatic N) is 1. The van der Waals surface area contributed by atoms with Gasteiger partial charge in [-0.25, -0.2) is 0 Å². The lowest BCUT2D eigenvalue weighted by molar-refractivity contribution is 0.567. The maximum absolute atomic E-state index is 5.28. The predicted octanol–water partition coefficient (Wildman–Crippen LogP) is 5.90. The van der Waals surface area contributed by atoms with Gasteiger partial charge in [-0.2, -0.15) is 0 Å². The van der Waals surface area contributed by atoms with Crippen molar-refractivity contribution in [2.24, 2.45) is 0 Å². The van der Waals surface area contributed by atoms with Crippen molar-refractivity contribution >= 4 is 27.8 Å². The molecule has 106 valence electrons. The summed E-state index contributed by atoms with van der Waals surface area (Å²) in [7, 11) is 0. The molecule has 0 aliphatic heterocycles. The topological polar surface area (TPSA) is 16.4 Å². The first-order valence-electron chi connectivity index (χ1n) is 7.28. The van der Waals surface area contributed by atoms with Crippen LogP contribution in [0.3, 0.4) is 0 Å². The average Bonchev–Trinajstić information content (AvgIpc) is 3.10. The van der Waals surface area contributed by atoms with Crippen molar-refractivity contribution in [3.8, 4) is 0 Å². The SMILES string of the molecule is c1ccc(N(c2ccoc2)c2ccc3ccccc3c2)cc1. The molecule has 0 aliphatic rings. The minimum Gasteiger partial charge on any atom is -0.470 e. The Morgan fingerprint density at radius 3 is 2.14 bits per heavy atom. The molecule has 0 amide bonds. The number of fused-ring (bicyclic) bond motifs is 1. The van der Waals surface area contributed by atoms with Crippen molar-refractivity contribution in [1.29, 1.82) is 0 Å². The Morgan fingerprint density at radius 2 is 1.36 bits per heavy atom. The van der Waals surface area contributed by atoms with Gasteiger partial charge in [-0.1, -0.05) is 48.5 Å². The third-order valence-corrected chi connectivity index (χ3v) is 3.77. The molecule has 22 heavy (non-hydrogen) atoms. The molecule has 0 radical (unpaired) electrons. The quantitative estimate of drug-likeness (QED) is 0.465. The van der Waals surface area contributed by atoms with Crippen LogP contribution in [0.25, 0.3) is 10.8 Å². The molecule has 4 aromatic rings. The summed E-state index contributed by atoms with van der Waals surface area (Å²) in [5.74, 6) is 0. The molecule has 0 bridgehead atoms. The highest BCUT2D eigenvalue weighted by molar-refractivity contribution is 5.89. The highest BCUT2D eigenvalue weighted by atomic mass is 16.3. The van der Waals surface area contributed by atoms with E-state index in [1.807, 2.05) is 24.3 Å². The van der Waals surface area contributed by atoms with Crippen molar-refractivity contribution in [3.63, 3.8) is 0 Å². The van der Waals surface area contributed by atoms with E-state index < -0.39 is 0 Å². The summed E-state index contributed by atoms with van der Waals surface area (Å²) in [5.41, 5.74) is 3.24. The van der Waals surface area contributed by atoms with Crippen LogP contribution in [0.4, 0.5) is 17.1 Å². The summed E-state index contributed by atoms with van der Waals surface area (Å²) in [5, 5.41) is 2.47. The van der Waals surface area contributed by atoms with E-state index in [9.17, 15) is 0 Å². The third-order valence-electron chi connectivity index (χ3n) is 3.77. The van der Waals surface area contributed by atoms with E-state index in [4.69, 9.17) is 4.42 Å². The molecule has 1 aromatic heterocycles. The number of benzene rings is 3. The molecule has 0 fully saturated rings. The average molecular weight is 285 g/mol. The van der Waals surface area contributed by atoms with Gasteiger partial charge in [0.05, 0.1) is 12.0 Å². The van der Waals surface area contributed by atoms with E-state index >= 15 is 0 Å². The fourth-order valence-electron chi connectivity index (χ4n) is 2.72. The van der Waals surface area contributed by atoms with Crippen molar-refractivity contribution in [2.75, 3.05) is 4.90 Å². The number of hydrogen-bond acceptors (Lipinski definition) is 2. The van der Waals surface area contributed by atoms with E-state index in [0.29, 0.717) is 0 Å². The Balaban J connectivity index is 1.89. The largest absolute Gasteiger partial charge is 0.470 e. The van der Waals surface area contributed by atoms with Gasteiger partial charge in [-0.05, 0) is 35.0 Å². The molecule has 0 atom stereocenters. The lowest BCUT2D eigenvalue weighted by Crippen LogP contribution is -2.08. The minimum atomic E-state index is 1.02. The maximum atomic E-state index is 5.28. The summed E-state index contributed by atoms with van der Waals surface area (Å²) >= 11 is 0. The first-order valence-corrected chi connectivity index (χ1v) is 7.28. The second-order valence-corrected chi connectivity index (χ2v) is 5.18. The van der Waals surface area contributed by atoms with E-state index in [-0.39, 0.29) is 0 Å². The predicted molar refractivity (Wildman–Crippen MR) is 90.9 cm³/mol. The second-order valence-electron chi connectivity index (χ2n) is 5.18. The molecule has 3 aromatic carbocycles. The first kappa shape index (κ1) is 12.7. The molecule has 2 heteroatoms. The van der Waals surface area contributed by atoms with E-state index in [1.54, 1.807) is 12.5 Å². The van der Waals surface area contributed by atoms with Crippen LogP contribution in [0.2, 0.25) is 0 Å². The summed E-state index contributed by atoms with van der Waals surface area (Å²) in [6.07, 6.45) is 3.47. The van der Waals surface area contributed by atoms with E-state index in [0.717, 1.165) is 17.1 Å². The van der Waals surface area contributed by atoms with Crippen LogP contribution in [0.15, 0.2) is 95.8 Å². The van der Waals surface area contributed by atoms with Crippen LogP contribution in [-0.2, 0) is 0 Å². The minimum absolute atomic E-state index is 1.02. The van der Waals surface area contributed by atoms with Gasteiger partial charge in [0.15, 0.2) is 0 Å². The fourth-order valence-corrected chi connectivity index (χ4v) is 2.72. The Morgan fingerprint density at radius 1 is 0.591 bits per heavy atom. The van der Waals surface area contributed by atoms with Gasteiger partial charge in [0, 0.05) is 17.4 Å². The highest BCUT2D eigenvalue weighted by Gasteiger charge is 2.13. The smallest absolute Gasteiger partial charge is 0.114 e. The van der Waals surface area contributed by atoms with Gasteiger partial charge in [-0.15, -0.1) is 0 Å². The van der Waals surface area contributed by atoms with Crippen LogP contribution in [0.1, 0.15) is 0 Å². The van der Waals surface area contributed by atoms with Gasteiger partial charge >= 0.3 is 0 Å². The Hall–Kier alpha value is -3.00. The molecule has 0 saturated heterocycles. The number of furan rings is 1. The van der Waals surface area contributed by atoms with Gasteiger partial charge in [0.1, 0.15) is 6.26 Å². The van der Waals surface area contributed by atoms with Gasteiger partial charge in [-0.3, -0.25) is 0 Å². The molecule has 0 N–H and O–H groups in total. The van der Waals surface area contributed by atoms with E-state index in [2.05, 4.69) is 59.5 Å². The lowest BCUT2D eigenvalue weighted by Gasteiger charge is -2.23. The van der Waals surface area contributed by atoms with Crippen molar-refractivity contribution in [3.05, 3.63) is 91.4 Å². The van der Waals surface area contributed by atoms with Crippen molar-refractivity contribution in [1.82, 2.24) is 0 Å². The molecule has 1 heterocycles. The van der Waals surface area contributed by atoms with Crippen LogP contribution in [0.5, 0.6) is 0 Å². The van der Waals surface area contributed by atoms with Gasteiger partial charge < -0.3 is 9.32 Å². The third kappa shape index (κ3) is 2.25. The molecule has 2 nitrogen and oxygen atoms in total. The van der Waals surface area contributed by atoms with E-state index in [1.165, 1.54) is 10.8 Å². The zero-order chi connectivity index (χ0) is 14.8. The van der Waals surface area contributed by atoms with Crippen LogP contribution >= 0.6 is 0 Å². The molecule has 4 rings (SSSR count). The molecule has 0 saturated carbocycles. The summed E-state index contributed by atoms with van der Waals surface area (Å²) in [4.78, 5) is 2.19. The maximum Gasteiger partial charge on any atom is 0.114 e. The van der Waals surface area contributed by atoms with Crippen LogP contribution in [-0.4, -0.2) is 0 Å². The Kier molecular flexibility index (Phi) is 3.13. The number of rotatable bonds is 3. The molecular weight excluding hydrogens is 270 g/mol. The monoisotopic (exact) mass is 285 g/mol. The van der Waals surface area contributed by atoms with Crippen LogP contribution < -0.4 is 4.90 Å². The highest BCUT2D eigenvalue weighted by Crippen LogP contribution is 2.35. The Labute approximate surface area is 129 Å². The number of hydrogen-bond donors (Lipinski definition) is 0. The summed E-state index contributed by atoms with van der Waals surface area (Å²) < 4.78 is 5.28. The first-order chi connectivity index (χ1) is 10.9. The van der Waals surface area contributed by atoms with Gasteiger partial charge in [0.2, 0.25) is 0 Å². The normalized spacial score (nSPS) is 10.7. The second kappa shape index (κ2) is 5.41. The van der Waals surface area contributed by atoms with Crippen LogP contribution in [0, 0.1) is 0 Å². The molecule has 0 spiro atoms. The zero-order valence-corrected chi connectivity index (χ0v) is 12.0. The fraction of sp³-hybridized carbons (Fsp3) is 0.